The molecule has 10 heteroatoms. The highest BCUT2D eigenvalue weighted by Gasteiger charge is 2.25. The van der Waals surface area contributed by atoms with E-state index in [2.05, 4.69) is 5.32 Å². The Hall–Kier alpha value is -3.11. The first-order valence-corrected chi connectivity index (χ1v) is 11.6. The molecule has 1 aliphatic rings. The molecule has 1 N–H and O–H groups in total. The summed E-state index contributed by atoms with van der Waals surface area (Å²) in [6.07, 6.45) is 1.75. The van der Waals surface area contributed by atoms with Crippen LogP contribution in [-0.2, 0) is 20.5 Å². The molecule has 1 fully saturated rings. The second-order valence-corrected chi connectivity index (χ2v) is 9.23. The van der Waals surface area contributed by atoms with Gasteiger partial charge in [0.05, 0.1) is 38.3 Å². The van der Waals surface area contributed by atoms with Crippen LogP contribution in [0.25, 0.3) is 0 Å². The summed E-state index contributed by atoms with van der Waals surface area (Å²) in [5.41, 5.74) is 1.19. The second-order valence-electron chi connectivity index (χ2n) is 7.26. The van der Waals surface area contributed by atoms with E-state index < -0.39 is 21.9 Å². The van der Waals surface area contributed by atoms with Crippen LogP contribution in [0.1, 0.15) is 39.1 Å². The molecular formula is C22H26N2O7S. The first kappa shape index (κ1) is 23.6. The molecule has 172 valence electrons. The molecule has 2 aromatic carbocycles. The number of benzene rings is 2. The zero-order chi connectivity index (χ0) is 23.3. The number of rotatable bonds is 8. The molecule has 0 saturated carbocycles. The summed E-state index contributed by atoms with van der Waals surface area (Å²) in [5, 5.41) is 2.68. The zero-order valence-electron chi connectivity index (χ0n) is 18.2. The maximum atomic E-state index is 12.8. The van der Waals surface area contributed by atoms with E-state index in [-0.39, 0.29) is 17.0 Å². The maximum absolute atomic E-state index is 12.8. The minimum Gasteiger partial charge on any atom is -0.493 e. The van der Waals surface area contributed by atoms with Gasteiger partial charge in [-0.25, -0.2) is 17.5 Å². The van der Waals surface area contributed by atoms with Gasteiger partial charge >= 0.3 is 5.97 Å². The molecule has 2 aromatic rings. The normalized spacial score (nSPS) is 14.1. The summed E-state index contributed by atoms with van der Waals surface area (Å²) in [5.74, 6) is -0.593. The van der Waals surface area contributed by atoms with E-state index in [0.717, 1.165) is 12.8 Å². The van der Waals surface area contributed by atoms with Gasteiger partial charge in [0.2, 0.25) is 10.0 Å². The van der Waals surface area contributed by atoms with Crippen molar-refractivity contribution in [3.05, 3.63) is 53.1 Å². The van der Waals surface area contributed by atoms with Crippen molar-refractivity contribution in [3.8, 4) is 11.5 Å². The van der Waals surface area contributed by atoms with Gasteiger partial charge in [-0.3, -0.25) is 4.79 Å². The van der Waals surface area contributed by atoms with Gasteiger partial charge in [-0.1, -0.05) is 12.1 Å². The van der Waals surface area contributed by atoms with Gasteiger partial charge in [0.15, 0.2) is 11.5 Å². The second kappa shape index (κ2) is 10.0. The van der Waals surface area contributed by atoms with Crippen molar-refractivity contribution in [3.63, 3.8) is 0 Å². The van der Waals surface area contributed by atoms with Crippen molar-refractivity contribution >= 4 is 27.6 Å². The van der Waals surface area contributed by atoms with Gasteiger partial charge in [-0.15, -0.1) is 0 Å². The first-order valence-electron chi connectivity index (χ1n) is 10.0. The molecule has 0 unspecified atom stereocenters. The van der Waals surface area contributed by atoms with Crippen LogP contribution in [0.5, 0.6) is 11.5 Å². The minimum absolute atomic E-state index is 0.104. The van der Waals surface area contributed by atoms with E-state index >= 15 is 0 Å². The largest absolute Gasteiger partial charge is 0.493 e. The smallest absolute Gasteiger partial charge is 0.340 e. The van der Waals surface area contributed by atoms with Gasteiger partial charge in [0, 0.05) is 30.8 Å². The van der Waals surface area contributed by atoms with E-state index in [1.54, 1.807) is 24.3 Å². The van der Waals surface area contributed by atoms with Crippen molar-refractivity contribution < 1.29 is 32.2 Å². The number of esters is 1. The molecule has 0 atom stereocenters. The summed E-state index contributed by atoms with van der Waals surface area (Å²) in [4.78, 5) is 25.0. The summed E-state index contributed by atoms with van der Waals surface area (Å²) in [7, 11) is 0.738. The first-order chi connectivity index (χ1) is 15.3. The lowest BCUT2D eigenvalue weighted by molar-refractivity contribution is 0.0601. The molecule has 3 rings (SSSR count). The van der Waals surface area contributed by atoms with Gasteiger partial charge < -0.3 is 19.5 Å². The molecule has 32 heavy (non-hydrogen) atoms. The Morgan fingerprint density at radius 1 is 0.969 bits per heavy atom. The Labute approximate surface area is 187 Å². The number of amides is 1. The van der Waals surface area contributed by atoms with Crippen molar-refractivity contribution in [2.45, 2.75) is 18.6 Å². The van der Waals surface area contributed by atoms with E-state index in [9.17, 15) is 18.0 Å². The number of carbonyl (C=O) groups is 2. The number of nitrogens with zero attached hydrogens (tertiary/aromatic N) is 1. The summed E-state index contributed by atoms with van der Waals surface area (Å²) < 4.78 is 41.7. The number of nitrogens with one attached hydrogen (secondary N) is 1. The Morgan fingerprint density at radius 3 is 2.12 bits per heavy atom. The third-order valence-corrected chi connectivity index (χ3v) is 7.05. The van der Waals surface area contributed by atoms with Crippen LogP contribution in [0.2, 0.25) is 0 Å². The number of sulfonamides is 1. The van der Waals surface area contributed by atoms with Crippen molar-refractivity contribution in [1.82, 2.24) is 4.31 Å². The SMILES string of the molecule is COC(=O)c1cc(OC)c(OC)cc1NC(=O)c1ccc(CS(=O)(=O)N2CCCC2)cc1. The lowest BCUT2D eigenvalue weighted by atomic mass is 10.1. The van der Waals surface area contributed by atoms with Gasteiger partial charge in [-0.2, -0.15) is 0 Å². The Bertz CT molecular complexity index is 1090. The molecule has 0 aliphatic carbocycles. The van der Waals surface area contributed by atoms with Gasteiger partial charge in [-0.05, 0) is 30.5 Å². The van der Waals surface area contributed by atoms with Crippen LogP contribution in [0.15, 0.2) is 36.4 Å². The van der Waals surface area contributed by atoms with Crippen LogP contribution in [0.4, 0.5) is 5.69 Å². The van der Waals surface area contributed by atoms with Crippen LogP contribution >= 0.6 is 0 Å². The molecule has 1 heterocycles. The van der Waals surface area contributed by atoms with E-state index in [0.29, 0.717) is 35.7 Å². The molecule has 9 nitrogen and oxygen atoms in total. The van der Waals surface area contributed by atoms with E-state index in [4.69, 9.17) is 14.2 Å². The van der Waals surface area contributed by atoms with Crippen LogP contribution in [-0.4, -0.2) is 59.0 Å². The molecule has 1 amide bonds. The number of anilines is 1. The lowest BCUT2D eigenvalue weighted by Gasteiger charge is -2.16. The molecular weight excluding hydrogens is 436 g/mol. The topological polar surface area (TPSA) is 111 Å². The van der Waals surface area contributed by atoms with Gasteiger partial charge in [0.1, 0.15) is 0 Å². The third-order valence-electron chi connectivity index (χ3n) is 5.20. The van der Waals surface area contributed by atoms with Crippen molar-refractivity contribution in [2.24, 2.45) is 0 Å². The summed E-state index contributed by atoms with van der Waals surface area (Å²) in [6.45, 7) is 1.10. The van der Waals surface area contributed by atoms with Crippen LogP contribution in [0.3, 0.4) is 0 Å². The molecule has 1 aliphatic heterocycles. The monoisotopic (exact) mass is 462 g/mol. The fourth-order valence-corrected chi connectivity index (χ4v) is 5.09. The average molecular weight is 463 g/mol. The highest BCUT2D eigenvalue weighted by atomic mass is 32.2. The Kier molecular flexibility index (Phi) is 7.37. The quantitative estimate of drug-likeness (QED) is 0.601. The standard InChI is InChI=1S/C22H26N2O7S/c1-29-19-12-17(22(26)31-3)18(13-20(19)30-2)23-21(25)16-8-6-15(7-9-16)14-32(27,28)24-10-4-5-11-24/h6-9,12-13H,4-5,10-11,14H2,1-3H3,(H,23,25). The Morgan fingerprint density at radius 2 is 1.56 bits per heavy atom. The predicted octanol–water partition coefficient (Wildman–Crippen LogP) is 2.67. The van der Waals surface area contributed by atoms with E-state index in [1.807, 2.05) is 0 Å². The van der Waals surface area contributed by atoms with Crippen LogP contribution < -0.4 is 14.8 Å². The fraction of sp³-hybridized carbons (Fsp3) is 0.364. The number of hydrogen-bond acceptors (Lipinski definition) is 7. The molecule has 1 saturated heterocycles. The maximum Gasteiger partial charge on any atom is 0.340 e. The number of methoxy groups -OCH3 is 3. The average Bonchev–Trinajstić information content (AvgIpc) is 3.34. The minimum atomic E-state index is -3.37. The highest BCUT2D eigenvalue weighted by molar-refractivity contribution is 7.88. The summed E-state index contributed by atoms with van der Waals surface area (Å²) >= 11 is 0. The predicted molar refractivity (Wildman–Crippen MR) is 119 cm³/mol. The lowest BCUT2D eigenvalue weighted by Crippen LogP contribution is -2.29. The summed E-state index contributed by atoms with van der Waals surface area (Å²) in [6, 6.07) is 9.20. The van der Waals surface area contributed by atoms with Crippen molar-refractivity contribution in [1.29, 1.82) is 0 Å². The molecule has 0 bridgehead atoms. The molecule has 0 radical (unpaired) electrons. The fourth-order valence-electron chi connectivity index (χ4n) is 3.48. The molecule has 0 aromatic heterocycles. The van der Waals surface area contributed by atoms with E-state index in [1.165, 1.54) is 37.8 Å². The number of carbonyl (C=O) groups excluding carboxylic acids is 2. The third kappa shape index (κ3) is 5.20. The van der Waals surface area contributed by atoms with Gasteiger partial charge in [0.25, 0.3) is 5.91 Å². The number of hydrogen-bond donors (Lipinski definition) is 1. The number of ether oxygens (including phenoxy) is 3. The molecule has 0 spiro atoms. The zero-order valence-corrected chi connectivity index (χ0v) is 19.0. The highest BCUT2D eigenvalue weighted by Crippen LogP contribution is 2.34. The van der Waals surface area contributed by atoms with Crippen LogP contribution in [0, 0.1) is 0 Å². The Balaban J connectivity index is 1.79. The van der Waals surface area contributed by atoms with Crippen molar-refractivity contribution in [2.75, 3.05) is 39.7 Å².